The molecule has 132 valence electrons. The van der Waals surface area contributed by atoms with E-state index < -0.39 is 0 Å². The smallest absolute Gasteiger partial charge is 0.267 e. The molecule has 1 amide bonds. The van der Waals surface area contributed by atoms with Crippen molar-refractivity contribution in [3.8, 4) is 0 Å². The van der Waals surface area contributed by atoms with E-state index in [-0.39, 0.29) is 5.91 Å². The van der Waals surface area contributed by atoms with Gasteiger partial charge in [0.15, 0.2) is 0 Å². The Morgan fingerprint density at radius 3 is 2.19 bits per heavy atom. The van der Waals surface area contributed by atoms with E-state index in [1.165, 1.54) is 0 Å². The number of hydrogen-bond acceptors (Lipinski definition) is 2. The predicted molar refractivity (Wildman–Crippen MR) is 115 cm³/mol. The lowest BCUT2D eigenvalue weighted by molar-refractivity contribution is 0.0955. The van der Waals surface area contributed by atoms with E-state index in [1.54, 1.807) is 18.3 Å². The number of carbonyl (C=O) groups is 1. The van der Waals surface area contributed by atoms with Gasteiger partial charge in [0.2, 0.25) is 0 Å². The Labute approximate surface area is 165 Å². The first-order chi connectivity index (χ1) is 13.1. The number of carbonyl (C=O) groups excluding carboxylic acids is 1. The van der Waals surface area contributed by atoms with Gasteiger partial charge < -0.3 is 0 Å². The quantitative estimate of drug-likeness (QED) is 0.254. The van der Waals surface area contributed by atoms with Crippen molar-refractivity contribution < 1.29 is 4.79 Å². The van der Waals surface area contributed by atoms with Gasteiger partial charge in [-0.3, -0.25) is 4.79 Å². The molecular formula is C23H17BrN2O. The minimum absolute atomic E-state index is 0.239. The summed E-state index contributed by atoms with van der Waals surface area (Å²) in [7, 11) is 0. The highest BCUT2D eigenvalue weighted by Crippen LogP contribution is 2.27. The molecule has 0 aliphatic carbocycles. The summed E-state index contributed by atoms with van der Waals surface area (Å²) < 4.78 is 0.902. The van der Waals surface area contributed by atoms with Gasteiger partial charge in [0.05, 0.1) is 6.21 Å². The maximum Gasteiger partial charge on any atom is 0.271 e. The average Bonchev–Trinajstić information content (AvgIpc) is 2.69. The molecule has 0 bridgehead atoms. The van der Waals surface area contributed by atoms with Crippen LogP contribution in [0.25, 0.3) is 21.5 Å². The lowest BCUT2D eigenvalue weighted by atomic mass is 9.97. The summed E-state index contributed by atoms with van der Waals surface area (Å²) >= 11 is 3.46. The molecule has 0 unspecified atom stereocenters. The first kappa shape index (κ1) is 17.4. The fraction of sp³-hybridized carbons (Fsp3) is 0.0435. The van der Waals surface area contributed by atoms with Gasteiger partial charge in [-0.15, -0.1) is 0 Å². The second kappa shape index (κ2) is 7.33. The first-order valence-electron chi connectivity index (χ1n) is 8.63. The van der Waals surface area contributed by atoms with Crippen LogP contribution in [0.2, 0.25) is 0 Å². The number of rotatable bonds is 3. The molecule has 0 heterocycles. The summed E-state index contributed by atoms with van der Waals surface area (Å²) in [5.74, 6) is -0.239. The number of aryl methyl sites for hydroxylation is 1. The Morgan fingerprint density at radius 2 is 1.56 bits per heavy atom. The van der Waals surface area contributed by atoms with Crippen LogP contribution in [0.1, 0.15) is 21.5 Å². The van der Waals surface area contributed by atoms with E-state index in [4.69, 9.17) is 0 Å². The maximum absolute atomic E-state index is 12.4. The van der Waals surface area contributed by atoms with E-state index >= 15 is 0 Å². The van der Waals surface area contributed by atoms with Crippen LogP contribution in [0.5, 0.6) is 0 Å². The minimum atomic E-state index is -0.239. The van der Waals surface area contributed by atoms with Gasteiger partial charge >= 0.3 is 0 Å². The fourth-order valence-electron chi connectivity index (χ4n) is 3.14. The molecule has 0 saturated heterocycles. The zero-order valence-corrected chi connectivity index (χ0v) is 16.3. The first-order valence-corrected chi connectivity index (χ1v) is 9.43. The van der Waals surface area contributed by atoms with Crippen molar-refractivity contribution in [3.63, 3.8) is 0 Å². The molecule has 0 fully saturated rings. The summed E-state index contributed by atoms with van der Waals surface area (Å²) in [5, 5.41) is 8.73. The lowest BCUT2D eigenvalue weighted by Gasteiger charge is -2.08. The Kier molecular flexibility index (Phi) is 4.73. The zero-order chi connectivity index (χ0) is 18.8. The largest absolute Gasteiger partial charge is 0.271 e. The van der Waals surface area contributed by atoms with Gasteiger partial charge in [0.25, 0.3) is 5.91 Å². The van der Waals surface area contributed by atoms with Crippen molar-refractivity contribution in [1.82, 2.24) is 5.43 Å². The van der Waals surface area contributed by atoms with Gasteiger partial charge in [0.1, 0.15) is 0 Å². The van der Waals surface area contributed by atoms with Crippen molar-refractivity contribution in [3.05, 3.63) is 94.0 Å². The summed E-state index contributed by atoms with van der Waals surface area (Å²) in [6, 6.07) is 24.0. The number of halogens is 1. The normalized spacial score (nSPS) is 11.3. The summed E-state index contributed by atoms with van der Waals surface area (Å²) in [5.41, 5.74) is 5.27. The van der Waals surface area contributed by atoms with E-state index in [1.807, 2.05) is 37.3 Å². The summed E-state index contributed by atoms with van der Waals surface area (Å²) in [4.78, 5) is 12.4. The van der Waals surface area contributed by atoms with Crippen LogP contribution in [0.15, 0.2) is 82.4 Å². The Balaban J connectivity index is 1.69. The third kappa shape index (κ3) is 3.49. The van der Waals surface area contributed by atoms with Crippen molar-refractivity contribution >= 4 is 49.6 Å². The van der Waals surface area contributed by atoms with Crippen LogP contribution in [0.3, 0.4) is 0 Å². The number of fused-ring (bicyclic) bond motifs is 2. The van der Waals surface area contributed by atoms with E-state index in [0.29, 0.717) is 5.56 Å². The van der Waals surface area contributed by atoms with Crippen molar-refractivity contribution in [2.24, 2.45) is 5.10 Å². The van der Waals surface area contributed by atoms with Gasteiger partial charge in [-0.1, -0.05) is 70.5 Å². The molecule has 0 radical (unpaired) electrons. The number of amides is 1. The molecule has 4 heteroatoms. The number of nitrogens with one attached hydrogen (secondary N) is 1. The molecule has 0 aliphatic heterocycles. The molecule has 1 N–H and O–H groups in total. The predicted octanol–water partition coefficient (Wildman–Crippen LogP) is 5.83. The second-order valence-electron chi connectivity index (χ2n) is 6.40. The number of benzene rings is 4. The van der Waals surface area contributed by atoms with Crippen LogP contribution < -0.4 is 5.43 Å². The molecule has 4 aromatic carbocycles. The molecule has 3 nitrogen and oxygen atoms in total. The molecular weight excluding hydrogens is 400 g/mol. The standard InChI is InChI=1S/C23H17BrN2O/c1-15-10-11-18(13-22(15)24)23(27)26-25-14-21-19-8-4-2-6-16(19)12-17-7-3-5-9-20(17)21/h2-14H,1H3,(H,26,27)/b25-14+. The highest BCUT2D eigenvalue weighted by atomic mass is 79.9. The third-order valence-corrected chi connectivity index (χ3v) is 5.46. The minimum Gasteiger partial charge on any atom is -0.267 e. The SMILES string of the molecule is Cc1ccc(C(=O)N/N=C/c2c3ccccc3cc3ccccc23)cc1Br. The average molecular weight is 417 g/mol. The monoisotopic (exact) mass is 416 g/mol. The lowest BCUT2D eigenvalue weighted by Crippen LogP contribution is -2.17. The second-order valence-corrected chi connectivity index (χ2v) is 7.25. The van der Waals surface area contributed by atoms with Crippen LogP contribution in [-0.2, 0) is 0 Å². The highest BCUT2D eigenvalue weighted by molar-refractivity contribution is 9.10. The fourth-order valence-corrected chi connectivity index (χ4v) is 3.52. The molecule has 27 heavy (non-hydrogen) atoms. The molecule has 4 aromatic rings. The summed E-state index contributed by atoms with van der Waals surface area (Å²) in [6.45, 7) is 1.98. The molecule has 0 aromatic heterocycles. The Morgan fingerprint density at radius 1 is 0.926 bits per heavy atom. The number of hydrogen-bond donors (Lipinski definition) is 1. The zero-order valence-electron chi connectivity index (χ0n) is 14.7. The Hall–Kier alpha value is -2.98. The van der Waals surface area contributed by atoms with Crippen LogP contribution in [0.4, 0.5) is 0 Å². The summed E-state index contributed by atoms with van der Waals surface area (Å²) in [6.07, 6.45) is 1.73. The van der Waals surface area contributed by atoms with E-state index in [2.05, 4.69) is 56.8 Å². The van der Waals surface area contributed by atoms with E-state index in [9.17, 15) is 4.79 Å². The van der Waals surface area contributed by atoms with Gasteiger partial charge in [0, 0.05) is 15.6 Å². The van der Waals surface area contributed by atoms with Crippen molar-refractivity contribution in [2.45, 2.75) is 6.92 Å². The van der Waals surface area contributed by atoms with Crippen LogP contribution >= 0.6 is 15.9 Å². The van der Waals surface area contributed by atoms with Gasteiger partial charge in [-0.05, 0) is 52.2 Å². The van der Waals surface area contributed by atoms with Crippen molar-refractivity contribution in [1.29, 1.82) is 0 Å². The van der Waals surface area contributed by atoms with Gasteiger partial charge in [-0.2, -0.15) is 5.10 Å². The van der Waals surface area contributed by atoms with E-state index in [0.717, 1.165) is 37.1 Å². The molecule has 4 rings (SSSR count). The van der Waals surface area contributed by atoms with Crippen molar-refractivity contribution in [2.75, 3.05) is 0 Å². The third-order valence-electron chi connectivity index (χ3n) is 4.61. The van der Waals surface area contributed by atoms with Gasteiger partial charge in [-0.25, -0.2) is 5.43 Å². The molecule has 0 atom stereocenters. The molecule has 0 aliphatic rings. The van der Waals surface area contributed by atoms with Crippen LogP contribution in [-0.4, -0.2) is 12.1 Å². The highest BCUT2D eigenvalue weighted by Gasteiger charge is 2.08. The van der Waals surface area contributed by atoms with Crippen LogP contribution in [0, 0.1) is 6.92 Å². The number of nitrogens with zero attached hydrogens (tertiary/aromatic N) is 1. The number of hydrazone groups is 1. The topological polar surface area (TPSA) is 41.5 Å². The molecule has 0 saturated carbocycles. The maximum atomic E-state index is 12.4. The Bertz CT molecular complexity index is 1140. The molecule has 0 spiro atoms.